The van der Waals surface area contributed by atoms with Gasteiger partial charge in [0, 0.05) is 54.0 Å². The molecule has 5 rings (SSSR count). The number of halogens is 2. The predicted molar refractivity (Wildman–Crippen MR) is 159 cm³/mol. The van der Waals surface area contributed by atoms with E-state index in [4.69, 9.17) is 22.1 Å². The van der Waals surface area contributed by atoms with E-state index in [0.717, 1.165) is 18.4 Å². The quantitative estimate of drug-likeness (QED) is 0.418. The van der Waals surface area contributed by atoms with Crippen LogP contribution >= 0.6 is 11.6 Å². The number of carbonyl (C=O) groups is 1. The SMILES string of the molecule is CC1(C)CC(C(c2ccc(Cl)cc2)[C@H](N)C(=O)Nc2cccc(F)c2CC[C@H]2CN[C@@H]3CCS(=O)(=O)N2C3)CCO1. The molecule has 2 bridgehead atoms. The Morgan fingerprint density at radius 2 is 2.00 bits per heavy atom. The molecule has 2 aromatic rings. The molecule has 0 aromatic heterocycles. The van der Waals surface area contributed by atoms with Crippen LogP contribution in [0.25, 0.3) is 0 Å². The normalized spacial score (nSPS) is 28.4. The number of ether oxygens (including phenoxy) is 1. The third kappa shape index (κ3) is 6.95. The molecule has 0 radical (unpaired) electrons. The van der Waals surface area contributed by atoms with Crippen molar-refractivity contribution in [2.75, 3.05) is 30.8 Å². The highest BCUT2D eigenvalue weighted by Crippen LogP contribution is 2.40. The van der Waals surface area contributed by atoms with Crippen LogP contribution in [0.2, 0.25) is 5.02 Å². The number of nitrogens with two attached hydrogens (primary N) is 1. The van der Waals surface area contributed by atoms with Crippen molar-refractivity contribution in [2.45, 2.75) is 75.6 Å². The van der Waals surface area contributed by atoms with E-state index in [-0.39, 0.29) is 41.7 Å². The minimum atomic E-state index is -3.32. The van der Waals surface area contributed by atoms with Crippen LogP contribution in [0.4, 0.5) is 10.1 Å². The molecule has 0 saturated carbocycles. The molecule has 3 heterocycles. The topological polar surface area (TPSA) is 114 Å². The van der Waals surface area contributed by atoms with Crippen molar-refractivity contribution < 1.29 is 22.3 Å². The zero-order chi connectivity index (χ0) is 29.4. The Labute approximate surface area is 247 Å². The Bertz CT molecular complexity index is 1360. The zero-order valence-corrected chi connectivity index (χ0v) is 25.2. The van der Waals surface area contributed by atoms with Gasteiger partial charge in [0.25, 0.3) is 0 Å². The summed E-state index contributed by atoms with van der Waals surface area (Å²) in [5.74, 6) is -0.916. The molecule has 0 aliphatic carbocycles. The van der Waals surface area contributed by atoms with E-state index < -0.39 is 27.8 Å². The van der Waals surface area contributed by atoms with Gasteiger partial charge >= 0.3 is 0 Å². The summed E-state index contributed by atoms with van der Waals surface area (Å²) in [6.07, 6.45) is 2.81. The van der Waals surface area contributed by atoms with Crippen LogP contribution in [-0.4, -0.2) is 67.8 Å². The number of hydrogen-bond acceptors (Lipinski definition) is 6. The third-order valence-corrected chi connectivity index (χ3v) is 11.0. The van der Waals surface area contributed by atoms with Crippen LogP contribution in [0, 0.1) is 11.7 Å². The second-order valence-electron chi connectivity index (χ2n) is 12.2. The maximum absolute atomic E-state index is 15.1. The average molecular weight is 607 g/mol. The van der Waals surface area contributed by atoms with Crippen molar-refractivity contribution in [2.24, 2.45) is 11.7 Å². The number of rotatable bonds is 8. The maximum Gasteiger partial charge on any atom is 0.241 e. The van der Waals surface area contributed by atoms with Gasteiger partial charge in [0.2, 0.25) is 15.9 Å². The number of nitrogens with zero attached hydrogens (tertiary/aromatic N) is 1. The predicted octanol–water partition coefficient (Wildman–Crippen LogP) is 4.04. The van der Waals surface area contributed by atoms with Crippen molar-refractivity contribution in [3.8, 4) is 0 Å². The molecule has 6 atom stereocenters. The fourth-order valence-corrected chi connectivity index (χ4v) is 8.67. The van der Waals surface area contributed by atoms with Gasteiger partial charge in [-0.05, 0) is 81.7 Å². The number of sulfonamides is 1. The number of anilines is 1. The minimum Gasteiger partial charge on any atom is -0.376 e. The highest BCUT2D eigenvalue weighted by molar-refractivity contribution is 7.89. The van der Waals surface area contributed by atoms with Gasteiger partial charge in [0.05, 0.1) is 17.4 Å². The van der Waals surface area contributed by atoms with E-state index >= 15 is 4.39 Å². The highest BCUT2D eigenvalue weighted by Gasteiger charge is 2.41. The van der Waals surface area contributed by atoms with Crippen molar-refractivity contribution in [1.29, 1.82) is 0 Å². The van der Waals surface area contributed by atoms with Gasteiger partial charge in [-0.3, -0.25) is 4.79 Å². The number of piperazine rings is 1. The lowest BCUT2D eigenvalue weighted by Gasteiger charge is -2.43. The maximum atomic E-state index is 15.1. The van der Waals surface area contributed by atoms with Gasteiger partial charge in [0.1, 0.15) is 5.82 Å². The van der Waals surface area contributed by atoms with Crippen LogP contribution in [0.5, 0.6) is 0 Å². The second kappa shape index (κ2) is 12.3. The highest BCUT2D eigenvalue weighted by atomic mass is 35.5. The lowest BCUT2D eigenvalue weighted by Crippen LogP contribution is -2.62. The van der Waals surface area contributed by atoms with Crippen LogP contribution < -0.4 is 16.4 Å². The van der Waals surface area contributed by atoms with Gasteiger partial charge in [-0.2, -0.15) is 4.31 Å². The monoisotopic (exact) mass is 606 g/mol. The van der Waals surface area contributed by atoms with E-state index in [1.807, 2.05) is 26.0 Å². The standard InChI is InChI=1S/C30H40ClFN4O4S/c1-30(2)16-20(12-14-40-30)27(19-6-8-21(31)9-7-19)28(33)29(37)35-26-5-3-4-25(32)24(26)11-10-23-17-34-22-13-15-41(38,39)36(23)18-22/h3-9,20,22-23,27-28,34H,10-18,33H2,1-2H3,(H,35,37)/t20?,22-,23+,27?,28+/m1/s1. The fourth-order valence-electron chi connectivity index (χ4n) is 6.69. The molecule has 4 N–H and O–H groups in total. The Kier molecular flexibility index (Phi) is 9.09. The minimum absolute atomic E-state index is 0.0989. The van der Waals surface area contributed by atoms with Gasteiger partial charge in [-0.15, -0.1) is 0 Å². The summed E-state index contributed by atoms with van der Waals surface area (Å²) < 4.78 is 48.0. The number of carbonyl (C=O) groups excluding carboxylic acids is 1. The first-order valence-electron chi connectivity index (χ1n) is 14.4. The molecule has 3 unspecified atom stereocenters. The van der Waals surface area contributed by atoms with E-state index in [1.54, 1.807) is 28.6 Å². The number of benzene rings is 2. The van der Waals surface area contributed by atoms with Crippen LogP contribution in [0.3, 0.4) is 0 Å². The number of fused-ring (bicyclic) bond motifs is 2. The lowest BCUT2D eigenvalue weighted by atomic mass is 9.73. The summed E-state index contributed by atoms with van der Waals surface area (Å²) in [6, 6.07) is 11.0. The molecule has 224 valence electrons. The summed E-state index contributed by atoms with van der Waals surface area (Å²) in [7, 11) is -3.32. The molecule has 2 aromatic carbocycles. The van der Waals surface area contributed by atoms with Gasteiger partial charge in [-0.1, -0.05) is 29.8 Å². The molecule has 3 fully saturated rings. The van der Waals surface area contributed by atoms with Gasteiger partial charge in [-0.25, -0.2) is 12.8 Å². The number of hydrogen-bond donors (Lipinski definition) is 3. The fraction of sp³-hybridized carbons (Fsp3) is 0.567. The largest absolute Gasteiger partial charge is 0.376 e. The van der Waals surface area contributed by atoms with Gasteiger partial charge < -0.3 is 21.1 Å². The molecule has 11 heteroatoms. The van der Waals surface area contributed by atoms with Crippen molar-refractivity contribution >= 4 is 33.2 Å². The Morgan fingerprint density at radius 1 is 1.24 bits per heavy atom. The smallest absolute Gasteiger partial charge is 0.241 e. The van der Waals surface area contributed by atoms with E-state index in [2.05, 4.69) is 10.6 Å². The first-order valence-corrected chi connectivity index (χ1v) is 16.4. The third-order valence-electron chi connectivity index (χ3n) is 8.82. The van der Waals surface area contributed by atoms with Crippen molar-refractivity contribution in [3.63, 3.8) is 0 Å². The summed E-state index contributed by atoms with van der Waals surface area (Å²) in [6.45, 7) is 5.63. The molecular weight excluding hydrogens is 567 g/mol. The van der Waals surface area contributed by atoms with E-state index in [9.17, 15) is 13.2 Å². The zero-order valence-electron chi connectivity index (χ0n) is 23.6. The van der Waals surface area contributed by atoms with Crippen LogP contribution in [-0.2, 0) is 26.0 Å². The molecule has 8 nitrogen and oxygen atoms in total. The summed E-state index contributed by atoms with van der Waals surface area (Å²) >= 11 is 6.15. The summed E-state index contributed by atoms with van der Waals surface area (Å²) in [5, 5.41) is 6.93. The molecule has 3 saturated heterocycles. The Balaban J connectivity index is 1.34. The average Bonchev–Trinajstić information content (AvgIpc) is 2.92. The molecular formula is C30H40ClFN4O4S. The molecule has 1 amide bonds. The summed E-state index contributed by atoms with van der Waals surface area (Å²) in [5.41, 5.74) is 7.99. The number of nitrogens with one attached hydrogen (secondary N) is 2. The molecule has 41 heavy (non-hydrogen) atoms. The van der Waals surface area contributed by atoms with Gasteiger partial charge in [0.15, 0.2) is 0 Å². The number of amides is 1. The second-order valence-corrected chi connectivity index (χ2v) is 14.7. The molecule has 0 spiro atoms. The van der Waals surface area contributed by atoms with Crippen molar-refractivity contribution in [1.82, 2.24) is 9.62 Å². The lowest BCUT2D eigenvalue weighted by molar-refractivity contribution is -0.119. The molecule has 3 aliphatic rings. The Morgan fingerprint density at radius 3 is 2.73 bits per heavy atom. The van der Waals surface area contributed by atoms with Crippen molar-refractivity contribution in [3.05, 3.63) is 64.4 Å². The van der Waals surface area contributed by atoms with Crippen LogP contribution in [0.15, 0.2) is 42.5 Å². The first-order chi connectivity index (χ1) is 19.4. The summed E-state index contributed by atoms with van der Waals surface area (Å²) in [4.78, 5) is 13.7. The van der Waals surface area contributed by atoms with Crippen LogP contribution in [0.1, 0.15) is 56.6 Å². The van der Waals surface area contributed by atoms with E-state index in [1.165, 1.54) is 6.07 Å². The first kappa shape index (κ1) is 30.4. The van der Waals surface area contributed by atoms with E-state index in [0.29, 0.717) is 48.8 Å². The Hall–Kier alpha value is -2.08. The molecule has 3 aliphatic heterocycles.